The smallest absolute Gasteiger partial charge is 0.332 e. The second-order valence-corrected chi connectivity index (χ2v) is 8.55. The summed E-state index contributed by atoms with van der Waals surface area (Å²) in [7, 11) is -1.79. The Morgan fingerprint density at radius 1 is 1.25 bits per heavy atom. The molecule has 0 heterocycles. The molecular weight excluding hydrogens is 331 g/mol. The molecule has 1 rings (SSSR count). The third-order valence-electron chi connectivity index (χ3n) is 3.14. The predicted octanol–water partition coefficient (Wildman–Crippen LogP) is 4.55. The van der Waals surface area contributed by atoms with Gasteiger partial charge < -0.3 is 14.0 Å². The first-order chi connectivity index (χ1) is 11.1. The maximum absolute atomic E-state index is 12.5. The zero-order valence-corrected chi connectivity index (χ0v) is 16.1. The van der Waals surface area contributed by atoms with E-state index in [4.69, 9.17) is 18.5 Å². The molecule has 0 amide bonds. The Hall–Kier alpha value is -1.20. The molecule has 24 heavy (non-hydrogen) atoms. The fourth-order valence-corrected chi connectivity index (χ4v) is 3.05. The van der Waals surface area contributed by atoms with Crippen LogP contribution in [0, 0.1) is 5.41 Å². The van der Waals surface area contributed by atoms with E-state index in [0.29, 0.717) is 11.3 Å². The summed E-state index contributed by atoms with van der Waals surface area (Å²) in [6.45, 7) is 9.09. The van der Waals surface area contributed by atoms with E-state index in [-0.39, 0.29) is 18.7 Å². The van der Waals surface area contributed by atoms with Crippen molar-refractivity contribution in [2.24, 2.45) is 5.41 Å². The van der Waals surface area contributed by atoms with Crippen molar-refractivity contribution in [3.8, 4) is 5.75 Å². The van der Waals surface area contributed by atoms with Gasteiger partial charge in [-0.1, -0.05) is 19.1 Å². The van der Waals surface area contributed by atoms with Gasteiger partial charge in [-0.2, -0.15) is 0 Å². The van der Waals surface area contributed by atoms with Crippen LogP contribution in [-0.2, 0) is 23.1 Å². The van der Waals surface area contributed by atoms with Crippen molar-refractivity contribution in [1.82, 2.24) is 0 Å². The van der Waals surface area contributed by atoms with Gasteiger partial charge in [-0.15, -0.1) is 0 Å². The molecule has 1 aromatic carbocycles. The van der Waals surface area contributed by atoms with Crippen LogP contribution in [0.2, 0.25) is 0 Å². The summed E-state index contributed by atoms with van der Waals surface area (Å²) in [5, 5.41) is 0. The zero-order chi connectivity index (χ0) is 18.4. The number of ether oxygens (including phenoxy) is 2. The molecule has 2 unspecified atom stereocenters. The van der Waals surface area contributed by atoms with Gasteiger partial charge in [0.15, 0.2) is 6.29 Å². The molecule has 0 aliphatic rings. The molecule has 6 nitrogen and oxygen atoms in total. The predicted molar refractivity (Wildman–Crippen MR) is 92.1 cm³/mol. The van der Waals surface area contributed by atoms with Crippen molar-refractivity contribution >= 4 is 13.6 Å². The topological polar surface area (TPSA) is 71.1 Å². The van der Waals surface area contributed by atoms with E-state index in [9.17, 15) is 9.36 Å². The Balaban J connectivity index is 2.97. The monoisotopic (exact) mass is 358 g/mol. The van der Waals surface area contributed by atoms with Gasteiger partial charge in [-0.25, -0.2) is 0 Å². The molecule has 0 fully saturated rings. The lowest BCUT2D eigenvalue weighted by atomic mass is 9.97. The van der Waals surface area contributed by atoms with Crippen LogP contribution in [0.15, 0.2) is 24.3 Å². The summed E-state index contributed by atoms with van der Waals surface area (Å²) < 4.78 is 34.0. The second-order valence-electron chi connectivity index (χ2n) is 6.23. The van der Waals surface area contributed by atoms with E-state index < -0.39 is 19.3 Å². The molecule has 0 aromatic heterocycles. The van der Waals surface area contributed by atoms with Crippen LogP contribution in [0.5, 0.6) is 5.75 Å². The van der Waals surface area contributed by atoms with Gasteiger partial charge in [-0.3, -0.25) is 13.9 Å². The molecule has 2 atom stereocenters. The first-order valence-electron chi connectivity index (χ1n) is 7.92. The fraction of sp³-hybridized carbons (Fsp3) is 0.588. The Kier molecular flexibility index (Phi) is 7.61. The molecule has 0 N–H and O–H groups in total. The minimum absolute atomic E-state index is 0.236. The average Bonchev–Trinajstić information content (AvgIpc) is 2.52. The van der Waals surface area contributed by atoms with Crippen LogP contribution in [0.25, 0.3) is 0 Å². The van der Waals surface area contributed by atoms with Gasteiger partial charge >= 0.3 is 13.6 Å². The molecular formula is C17H27O6P. The van der Waals surface area contributed by atoms with Crippen LogP contribution in [-0.4, -0.2) is 25.8 Å². The highest BCUT2D eigenvalue weighted by Gasteiger charge is 2.28. The lowest BCUT2D eigenvalue weighted by Crippen LogP contribution is -2.25. The maximum atomic E-state index is 12.5. The summed E-state index contributed by atoms with van der Waals surface area (Å²) in [6, 6.07) is 6.76. The maximum Gasteiger partial charge on any atom is 0.332 e. The molecule has 0 aliphatic heterocycles. The number of carbonyl (C=O) groups is 1. The van der Waals surface area contributed by atoms with Crippen LogP contribution in [0.4, 0.5) is 0 Å². The number of methoxy groups -OCH3 is 1. The summed E-state index contributed by atoms with van der Waals surface area (Å²) in [6.07, 6.45) is -0.644. The van der Waals surface area contributed by atoms with Crippen LogP contribution < -0.4 is 4.74 Å². The summed E-state index contributed by atoms with van der Waals surface area (Å²) in [5.74, 6) is 0.0314. The summed E-state index contributed by atoms with van der Waals surface area (Å²) >= 11 is 0. The minimum atomic E-state index is -3.24. The number of esters is 1. The van der Waals surface area contributed by atoms with Crippen LogP contribution >= 0.6 is 7.60 Å². The zero-order valence-electron chi connectivity index (χ0n) is 15.2. The number of rotatable bonds is 8. The van der Waals surface area contributed by atoms with E-state index in [2.05, 4.69) is 0 Å². The lowest BCUT2D eigenvalue weighted by Gasteiger charge is -2.23. The Morgan fingerprint density at radius 2 is 1.92 bits per heavy atom. The Labute approximate surface area is 144 Å². The van der Waals surface area contributed by atoms with Gasteiger partial charge in [0, 0.05) is 18.8 Å². The summed E-state index contributed by atoms with van der Waals surface area (Å²) in [5.41, 5.74) is -0.0230. The number of benzene rings is 1. The van der Waals surface area contributed by atoms with Crippen molar-refractivity contribution in [3.05, 3.63) is 29.8 Å². The van der Waals surface area contributed by atoms with Gasteiger partial charge in [-0.05, 0) is 39.8 Å². The van der Waals surface area contributed by atoms with E-state index in [1.54, 1.807) is 58.9 Å². The van der Waals surface area contributed by atoms with Crippen molar-refractivity contribution in [3.63, 3.8) is 0 Å². The first-order valence-corrected chi connectivity index (χ1v) is 9.65. The third kappa shape index (κ3) is 6.02. The number of hydrogen-bond donors (Lipinski definition) is 0. The first kappa shape index (κ1) is 20.8. The van der Waals surface area contributed by atoms with E-state index >= 15 is 0 Å². The minimum Gasteiger partial charge on any atom is -0.426 e. The van der Waals surface area contributed by atoms with E-state index in [1.165, 1.54) is 7.11 Å². The average molecular weight is 358 g/mol. The van der Waals surface area contributed by atoms with Crippen LogP contribution in [0.3, 0.4) is 0 Å². The standard InChI is InChI=1S/C17H27O6P/c1-7-21-24(19,8-2)23-15(20-6)13-10-9-11-14(12-13)22-16(18)17(3,4)5/h9-12,15H,7-8H2,1-6H3. The van der Waals surface area contributed by atoms with Crippen LogP contribution in [0.1, 0.15) is 46.5 Å². The normalized spacial score (nSPS) is 15.6. The Bertz CT molecular complexity index is 593. The molecule has 0 saturated carbocycles. The molecule has 1 aromatic rings. The molecule has 136 valence electrons. The highest BCUT2D eigenvalue weighted by atomic mass is 31.2. The second kappa shape index (κ2) is 8.77. The quantitative estimate of drug-likeness (QED) is 0.294. The molecule has 0 aliphatic carbocycles. The fourth-order valence-electron chi connectivity index (χ4n) is 1.76. The van der Waals surface area contributed by atoms with Crippen molar-refractivity contribution in [2.45, 2.75) is 40.9 Å². The molecule has 0 bridgehead atoms. The molecule has 0 radical (unpaired) electrons. The Morgan fingerprint density at radius 3 is 2.42 bits per heavy atom. The molecule has 7 heteroatoms. The number of carbonyl (C=O) groups excluding carboxylic acids is 1. The van der Waals surface area contributed by atoms with Crippen molar-refractivity contribution < 1.29 is 27.9 Å². The largest absolute Gasteiger partial charge is 0.426 e. The van der Waals surface area contributed by atoms with Crippen molar-refractivity contribution in [2.75, 3.05) is 19.9 Å². The SMILES string of the molecule is CCOP(=O)(CC)OC(OC)c1cccc(OC(=O)C(C)(C)C)c1. The lowest BCUT2D eigenvalue weighted by molar-refractivity contribution is -0.143. The summed E-state index contributed by atoms with van der Waals surface area (Å²) in [4.78, 5) is 12.0. The van der Waals surface area contributed by atoms with Gasteiger partial charge in [0.25, 0.3) is 0 Å². The highest BCUT2D eigenvalue weighted by Crippen LogP contribution is 2.51. The molecule has 0 spiro atoms. The van der Waals surface area contributed by atoms with Gasteiger partial charge in [0.05, 0.1) is 12.0 Å². The van der Waals surface area contributed by atoms with Crippen molar-refractivity contribution in [1.29, 1.82) is 0 Å². The van der Waals surface area contributed by atoms with Gasteiger partial charge in [0.2, 0.25) is 0 Å². The number of hydrogen-bond acceptors (Lipinski definition) is 6. The van der Waals surface area contributed by atoms with Gasteiger partial charge in [0.1, 0.15) is 5.75 Å². The van der Waals surface area contributed by atoms with E-state index in [1.807, 2.05) is 0 Å². The highest BCUT2D eigenvalue weighted by molar-refractivity contribution is 7.53. The third-order valence-corrected chi connectivity index (χ3v) is 5.08. The molecule has 0 saturated heterocycles. The van der Waals surface area contributed by atoms with E-state index in [0.717, 1.165) is 0 Å².